The van der Waals surface area contributed by atoms with E-state index in [2.05, 4.69) is 11.1 Å². The van der Waals surface area contributed by atoms with Gasteiger partial charge in [-0.2, -0.15) is 0 Å². The van der Waals surface area contributed by atoms with Crippen LogP contribution in [0.25, 0.3) is 10.9 Å². The van der Waals surface area contributed by atoms with E-state index in [1.165, 1.54) is 0 Å². The number of amides is 1. The number of rotatable bonds is 6. The first-order valence-corrected chi connectivity index (χ1v) is 10.7. The SMILES string of the molecule is COc1cccc([C@H](CC(=O)N2C[C@@H](C)O[C@H](C)C2)c2c[nH]c3ccccc23)c1OC. The van der Waals surface area contributed by atoms with E-state index in [-0.39, 0.29) is 24.0 Å². The van der Waals surface area contributed by atoms with E-state index in [0.29, 0.717) is 31.0 Å². The van der Waals surface area contributed by atoms with Gasteiger partial charge in [-0.3, -0.25) is 4.79 Å². The molecule has 1 saturated heterocycles. The number of hydrogen-bond donors (Lipinski definition) is 1. The molecule has 2 heterocycles. The Hall–Kier alpha value is -2.99. The fourth-order valence-electron chi connectivity index (χ4n) is 4.64. The summed E-state index contributed by atoms with van der Waals surface area (Å²) in [6, 6.07) is 14.0. The van der Waals surface area contributed by atoms with Crippen molar-refractivity contribution < 1.29 is 19.0 Å². The second-order valence-corrected chi connectivity index (χ2v) is 8.19. The molecule has 3 aromatic rings. The zero-order chi connectivity index (χ0) is 22.0. The molecule has 1 aliphatic heterocycles. The van der Waals surface area contributed by atoms with Gasteiger partial charge >= 0.3 is 0 Å². The predicted molar refractivity (Wildman–Crippen MR) is 121 cm³/mol. The Bertz CT molecular complexity index is 1050. The van der Waals surface area contributed by atoms with Crippen LogP contribution in [0.5, 0.6) is 11.5 Å². The van der Waals surface area contributed by atoms with Crippen molar-refractivity contribution in [3.8, 4) is 11.5 Å². The van der Waals surface area contributed by atoms with Gasteiger partial charge in [-0.1, -0.05) is 30.3 Å². The molecule has 0 bridgehead atoms. The Morgan fingerprint density at radius 1 is 1.06 bits per heavy atom. The molecule has 6 heteroatoms. The van der Waals surface area contributed by atoms with Crippen molar-refractivity contribution in [3.05, 3.63) is 59.8 Å². The lowest BCUT2D eigenvalue weighted by Crippen LogP contribution is -2.48. The molecule has 1 amide bonds. The third kappa shape index (κ3) is 4.26. The van der Waals surface area contributed by atoms with Gasteiger partial charge in [-0.05, 0) is 31.5 Å². The summed E-state index contributed by atoms with van der Waals surface area (Å²) in [6.07, 6.45) is 2.41. The highest BCUT2D eigenvalue weighted by Gasteiger charge is 2.31. The quantitative estimate of drug-likeness (QED) is 0.642. The Morgan fingerprint density at radius 2 is 1.81 bits per heavy atom. The molecule has 1 aliphatic rings. The lowest BCUT2D eigenvalue weighted by Gasteiger charge is -2.36. The number of nitrogens with one attached hydrogen (secondary N) is 1. The van der Waals surface area contributed by atoms with Crippen LogP contribution in [0.4, 0.5) is 0 Å². The van der Waals surface area contributed by atoms with Crippen molar-refractivity contribution >= 4 is 16.8 Å². The monoisotopic (exact) mass is 422 g/mol. The van der Waals surface area contributed by atoms with Crippen molar-refractivity contribution in [1.29, 1.82) is 0 Å². The number of aromatic amines is 1. The molecule has 3 atom stereocenters. The van der Waals surface area contributed by atoms with Gasteiger partial charge in [0, 0.05) is 48.1 Å². The van der Waals surface area contributed by atoms with E-state index < -0.39 is 0 Å². The van der Waals surface area contributed by atoms with Crippen LogP contribution in [-0.2, 0) is 9.53 Å². The van der Waals surface area contributed by atoms with Gasteiger partial charge in [0.15, 0.2) is 11.5 Å². The van der Waals surface area contributed by atoms with E-state index in [9.17, 15) is 4.79 Å². The Kier molecular flexibility index (Phi) is 6.18. The second kappa shape index (κ2) is 9.02. The molecular weight excluding hydrogens is 392 g/mol. The van der Waals surface area contributed by atoms with Crippen LogP contribution in [0.15, 0.2) is 48.7 Å². The maximum Gasteiger partial charge on any atom is 0.223 e. The molecule has 31 heavy (non-hydrogen) atoms. The zero-order valence-corrected chi connectivity index (χ0v) is 18.6. The first-order valence-electron chi connectivity index (χ1n) is 10.7. The van der Waals surface area contributed by atoms with Gasteiger partial charge in [0.1, 0.15) is 0 Å². The number of morpholine rings is 1. The van der Waals surface area contributed by atoms with Crippen molar-refractivity contribution in [2.24, 2.45) is 0 Å². The highest BCUT2D eigenvalue weighted by molar-refractivity contribution is 5.86. The maximum absolute atomic E-state index is 13.4. The number of carbonyl (C=O) groups excluding carboxylic acids is 1. The molecule has 2 aromatic carbocycles. The van der Waals surface area contributed by atoms with Crippen molar-refractivity contribution in [2.45, 2.75) is 38.4 Å². The van der Waals surface area contributed by atoms with Gasteiger partial charge in [0.25, 0.3) is 0 Å². The number of H-pyrrole nitrogens is 1. The third-order valence-corrected chi connectivity index (χ3v) is 5.96. The standard InChI is InChI=1S/C25H30N2O4/c1-16-14-27(15-17(2)31-16)24(28)12-20(19-9-7-11-23(29-3)25(19)30-4)21-13-26-22-10-6-5-8-18(21)22/h5-11,13,16-17,20,26H,12,14-15H2,1-4H3/t16-,17-,20+/m1/s1. The number of methoxy groups -OCH3 is 2. The number of para-hydroxylation sites is 2. The summed E-state index contributed by atoms with van der Waals surface area (Å²) in [7, 11) is 3.27. The van der Waals surface area contributed by atoms with Crippen LogP contribution in [0.1, 0.15) is 37.3 Å². The van der Waals surface area contributed by atoms with E-state index in [4.69, 9.17) is 14.2 Å². The summed E-state index contributed by atoms with van der Waals surface area (Å²) in [5, 5.41) is 1.11. The molecule has 0 unspecified atom stereocenters. The van der Waals surface area contributed by atoms with Crippen LogP contribution in [0.2, 0.25) is 0 Å². The van der Waals surface area contributed by atoms with Crippen LogP contribution < -0.4 is 9.47 Å². The minimum atomic E-state index is -0.179. The number of nitrogens with zero attached hydrogens (tertiary/aromatic N) is 1. The van der Waals surface area contributed by atoms with Gasteiger partial charge in [0.05, 0.1) is 26.4 Å². The Balaban J connectivity index is 1.76. The molecule has 0 spiro atoms. The predicted octanol–water partition coefficient (Wildman–Crippen LogP) is 4.34. The number of ether oxygens (including phenoxy) is 3. The minimum Gasteiger partial charge on any atom is -0.493 e. The van der Waals surface area contributed by atoms with Crippen LogP contribution in [-0.4, -0.2) is 55.3 Å². The first kappa shape index (κ1) is 21.2. The fourth-order valence-corrected chi connectivity index (χ4v) is 4.64. The normalized spacial score (nSPS) is 19.9. The Labute approximate surface area is 183 Å². The number of aromatic nitrogens is 1. The van der Waals surface area contributed by atoms with Crippen LogP contribution >= 0.6 is 0 Å². The number of fused-ring (bicyclic) bond motifs is 1. The minimum absolute atomic E-state index is 0.0330. The summed E-state index contributed by atoms with van der Waals surface area (Å²) in [5.74, 6) is 1.26. The highest BCUT2D eigenvalue weighted by Crippen LogP contribution is 2.42. The summed E-state index contributed by atoms with van der Waals surface area (Å²) >= 11 is 0. The van der Waals surface area contributed by atoms with E-state index >= 15 is 0 Å². The lowest BCUT2D eigenvalue weighted by molar-refractivity contribution is -0.143. The van der Waals surface area contributed by atoms with Crippen molar-refractivity contribution in [1.82, 2.24) is 9.88 Å². The molecule has 1 aromatic heterocycles. The number of carbonyl (C=O) groups is 1. The van der Waals surface area contributed by atoms with Crippen molar-refractivity contribution in [3.63, 3.8) is 0 Å². The largest absolute Gasteiger partial charge is 0.493 e. The second-order valence-electron chi connectivity index (χ2n) is 8.19. The molecule has 1 fully saturated rings. The molecule has 6 nitrogen and oxygen atoms in total. The Morgan fingerprint density at radius 3 is 2.52 bits per heavy atom. The molecule has 0 saturated carbocycles. The van der Waals surface area contributed by atoms with Gasteiger partial charge in [-0.25, -0.2) is 0 Å². The van der Waals surface area contributed by atoms with E-state index in [1.54, 1.807) is 14.2 Å². The zero-order valence-electron chi connectivity index (χ0n) is 18.6. The highest BCUT2D eigenvalue weighted by atomic mass is 16.5. The third-order valence-electron chi connectivity index (χ3n) is 5.96. The summed E-state index contributed by atoms with van der Waals surface area (Å²) in [6.45, 7) is 5.24. The number of hydrogen-bond acceptors (Lipinski definition) is 4. The molecular formula is C25H30N2O4. The van der Waals surface area contributed by atoms with Gasteiger partial charge in [-0.15, -0.1) is 0 Å². The van der Waals surface area contributed by atoms with Gasteiger partial charge in [0.2, 0.25) is 5.91 Å². The van der Waals surface area contributed by atoms with Crippen LogP contribution in [0, 0.1) is 0 Å². The average molecular weight is 423 g/mol. The smallest absolute Gasteiger partial charge is 0.223 e. The van der Waals surface area contributed by atoms with Crippen LogP contribution in [0.3, 0.4) is 0 Å². The number of benzene rings is 2. The molecule has 0 aliphatic carbocycles. The molecule has 0 radical (unpaired) electrons. The average Bonchev–Trinajstić information content (AvgIpc) is 3.20. The summed E-state index contributed by atoms with van der Waals surface area (Å²) < 4.78 is 17.1. The molecule has 1 N–H and O–H groups in total. The van der Waals surface area contributed by atoms with E-state index in [1.807, 2.05) is 61.3 Å². The lowest BCUT2D eigenvalue weighted by atomic mass is 9.86. The summed E-state index contributed by atoms with van der Waals surface area (Å²) in [4.78, 5) is 18.7. The topological polar surface area (TPSA) is 63.8 Å². The first-order chi connectivity index (χ1) is 15.0. The van der Waals surface area contributed by atoms with Gasteiger partial charge < -0.3 is 24.1 Å². The molecule has 164 valence electrons. The maximum atomic E-state index is 13.4. The molecule has 4 rings (SSSR count). The van der Waals surface area contributed by atoms with E-state index in [0.717, 1.165) is 22.0 Å². The van der Waals surface area contributed by atoms with Crippen molar-refractivity contribution in [2.75, 3.05) is 27.3 Å². The summed E-state index contributed by atoms with van der Waals surface area (Å²) in [5.41, 5.74) is 3.06. The fraction of sp³-hybridized carbons (Fsp3) is 0.400.